The molecule has 0 saturated heterocycles. The summed E-state index contributed by atoms with van der Waals surface area (Å²) in [5, 5.41) is 0. The van der Waals surface area contributed by atoms with Crippen LogP contribution in [0.15, 0.2) is 16.5 Å². The Morgan fingerprint density at radius 1 is 1.41 bits per heavy atom. The molecule has 0 radical (unpaired) electrons. The molecule has 0 amide bonds. The Bertz CT molecular complexity index is 378. The molecule has 0 aliphatic carbocycles. The van der Waals surface area contributed by atoms with E-state index in [0.29, 0.717) is 5.76 Å². The quantitative estimate of drug-likeness (QED) is 0.648. The smallest absolute Gasteiger partial charge is 0.373 e. The number of rotatable bonds is 4. The van der Waals surface area contributed by atoms with Crippen LogP contribution in [-0.4, -0.2) is 18.7 Å². The molecule has 1 aromatic rings. The number of carbonyl (C=O) groups excluding carboxylic acids is 1. The minimum Gasteiger partial charge on any atom is -0.463 e. The van der Waals surface area contributed by atoms with Gasteiger partial charge in [-0.05, 0) is 39.8 Å². The van der Waals surface area contributed by atoms with Crippen LogP contribution >= 0.6 is 0 Å². The second-order valence-electron chi connectivity index (χ2n) is 4.75. The van der Waals surface area contributed by atoms with Crippen LogP contribution in [0.25, 0.3) is 0 Å². The van der Waals surface area contributed by atoms with Gasteiger partial charge in [0.05, 0.1) is 18.8 Å². The first-order valence-electron chi connectivity index (χ1n) is 5.45. The highest BCUT2D eigenvalue weighted by Gasteiger charge is 2.17. The first-order valence-corrected chi connectivity index (χ1v) is 5.45. The van der Waals surface area contributed by atoms with Crippen LogP contribution < -0.4 is 5.48 Å². The average Bonchev–Trinajstić information content (AvgIpc) is 2.73. The predicted molar refractivity (Wildman–Crippen MR) is 62.4 cm³/mol. The van der Waals surface area contributed by atoms with Gasteiger partial charge in [-0.2, -0.15) is 5.48 Å². The number of ether oxygens (including phenoxy) is 1. The number of hydrogen-bond donors (Lipinski definition) is 1. The highest BCUT2D eigenvalue weighted by atomic mass is 16.7. The van der Waals surface area contributed by atoms with Gasteiger partial charge in [0.1, 0.15) is 5.76 Å². The summed E-state index contributed by atoms with van der Waals surface area (Å²) in [6.07, 6.45) is 0. The SMILES string of the molecule is COC(=O)c1ccc(C(C)NOC(C)(C)C)o1. The van der Waals surface area contributed by atoms with Crippen LogP contribution in [-0.2, 0) is 9.57 Å². The lowest BCUT2D eigenvalue weighted by Crippen LogP contribution is -2.30. The van der Waals surface area contributed by atoms with E-state index in [2.05, 4.69) is 10.2 Å². The van der Waals surface area contributed by atoms with Gasteiger partial charge in [-0.25, -0.2) is 4.79 Å². The average molecular weight is 241 g/mol. The van der Waals surface area contributed by atoms with Crippen LogP contribution in [0, 0.1) is 0 Å². The number of hydroxylamine groups is 1. The molecule has 0 bridgehead atoms. The Kier molecular flexibility index (Phi) is 4.31. The van der Waals surface area contributed by atoms with Crippen LogP contribution in [0.1, 0.15) is 50.1 Å². The van der Waals surface area contributed by atoms with Crippen LogP contribution in [0.3, 0.4) is 0 Å². The first-order chi connectivity index (χ1) is 7.83. The Balaban J connectivity index is 2.61. The molecule has 1 unspecified atom stereocenters. The summed E-state index contributed by atoms with van der Waals surface area (Å²) >= 11 is 0. The van der Waals surface area contributed by atoms with E-state index in [1.165, 1.54) is 7.11 Å². The molecule has 0 aliphatic rings. The van der Waals surface area contributed by atoms with Crippen LogP contribution in [0.4, 0.5) is 0 Å². The molecule has 1 atom stereocenters. The fraction of sp³-hybridized carbons (Fsp3) is 0.583. The van der Waals surface area contributed by atoms with E-state index in [1.54, 1.807) is 12.1 Å². The van der Waals surface area contributed by atoms with Gasteiger partial charge in [0, 0.05) is 0 Å². The van der Waals surface area contributed by atoms with Gasteiger partial charge < -0.3 is 9.15 Å². The third-order valence-electron chi connectivity index (χ3n) is 1.98. The van der Waals surface area contributed by atoms with E-state index < -0.39 is 5.97 Å². The van der Waals surface area contributed by atoms with Crippen molar-refractivity contribution in [3.8, 4) is 0 Å². The van der Waals surface area contributed by atoms with Gasteiger partial charge in [0.15, 0.2) is 0 Å². The molecule has 17 heavy (non-hydrogen) atoms. The van der Waals surface area contributed by atoms with E-state index in [4.69, 9.17) is 9.25 Å². The standard InChI is InChI=1S/C12H19NO4/c1-8(13-17-12(2,3)4)9-6-7-10(16-9)11(14)15-5/h6-8,13H,1-5H3. The van der Waals surface area contributed by atoms with Crippen molar-refractivity contribution in [1.82, 2.24) is 5.48 Å². The maximum absolute atomic E-state index is 11.2. The molecule has 0 saturated carbocycles. The van der Waals surface area contributed by atoms with Crippen LogP contribution in [0.5, 0.6) is 0 Å². The molecule has 5 nitrogen and oxygen atoms in total. The van der Waals surface area contributed by atoms with E-state index in [9.17, 15) is 4.79 Å². The molecule has 96 valence electrons. The van der Waals surface area contributed by atoms with Crippen molar-refractivity contribution in [2.75, 3.05) is 7.11 Å². The molecular formula is C12H19NO4. The summed E-state index contributed by atoms with van der Waals surface area (Å²) in [5.74, 6) is 0.321. The fourth-order valence-corrected chi connectivity index (χ4v) is 1.12. The highest BCUT2D eigenvalue weighted by Crippen LogP contribution is 2.18. The molecule has 1 aromatic heterocycles. The van der Waals surface area contributed by atoms with E-state index >= 15 is 0 Å². The minimum atomic E-state index is -0.486. The summed E-state index contributed by atoms with van der Waals surface area (Å²) < 4.78 is 9.91. The Morgan fingerprint density at radius 2 is 2.06 bits per heavy atom. The molecule has 1 rings (SSSR count). The van der Waals surface area contributed by atoms with Gasteiger partial charge in [0.25, 0.3) is 0 Å². The van der Waals surface area contributed by atoms with Crippen molar-refractivity contribution in [3.63, 3.8) is 0 Å². The molecule has 0 fully saturated rings. The van der Waals surface area contributed by atoms with E-state index in [-0.39, 0.29) is 17.4 Å². The summed E-state index contributed by atoms with van der Waals surface area (Å²) in [4.78, 5) is 16.6. The maximum Gasteiger partial charge on any atom is 0.373 e. The Hall–Kier alpha value is -1.33. The van der Waals surface area contributed by atoms with Crippen molar-refractivity contribution >= 4 is 5.97 Å². The van der Waals surface area contributed by atoms with E-state index in [1.807, 2.05) is 27.7 Å². The third kappa shape index (κ3) is 4.20. The molecule has 0 aliphatic heterocycles. The highest BCUT2D eigenvalue weighted by molar-refractivity contribution is 5.86. The van der Waals surface area contributed by atoms with Crippen LogP contribution in [0.2, 0.25) is 0 Å². The topological polar surface area (TPSA) is 60.7 Å². The predicted octanol–water partition coefficient (Wildman–Crippen LogP) is 2.45. The van der Waals surface area contributed by atoms with Crippen molar-refractivity contribution in [2.45, 2.75) is 39.3 Å². The molecule has 0 aromatic carbocycles. The molecular weight excluding hydrogens is 222 g/mol. The Labute approximate surface area is 101 Å². The monoisotopic (exact) mass is 241 g/mol. The van der Waals surface area contributed by atoms with Gasteiger partial charge in [0.2, 0.25) is 5.76 Å². The number of methoxy groups -OCH3 is 1. The number of esters is 1. The first kappa shape index (κ1) is 13.7. The Morgan fingerprint density at radius 3 is 2.59 bits per heavy atom. The summed E-state index contributed by atoms with van der Waals surface area (Å²) in [7, 11) is 1.31. The summed E-state index contributed by atoms with van der Waals surface area (Å²) in [6, 6.07) is 3.15. The zero-order valence-corrected chi connectivity index (χ0v) is 10.9. The third-order valence-corrected chi connectivity index (χ3v) is 1.98. The van der Waals surface area contributed by atoms with Gasteiger partial charge >= 0.3 is 5.97 Å². The van der Waals surface area contributed by atoms with Gasteiger partial charge in [-0.3, -0.25) is 4.84 Å². The number of hydrogen-bond acceptors (Lipinski definition) is 5. The normalized spacial score (nSPS) is 13.5. The van der Waals surface area contributed by atoms with Crippen molar-refractivity contribution in [3.05, 3.63) is 23.7 Å². The fourth-order valence-electron chi connectivity index (χ4n) is 1.12. The lowest BCUT2D eigenvalue weighted by atomic mass is 10.2. The lowest BCUT2D eigenvalue weighted by molar-refractivity contribution is -0.0890. The number of furan rings is 1. The second kappa shape index (κ2) is 5.33. The van der Waals surface area contributed by atoms with Crippen molar-refractivity contribution in [2.24, 2.45) is 0 Å². The molecule has 0 spiro atoms. The van der Waals surface area contributed by atoms with Gasteiger partial charge in [-0.15, -0.1) is 0 Å². The number of nitrogens with one attached hydrogen (secondary N) is 1. The maximum atomic E-state index is 11.2. The van der Waals surface area contributed by atoms with Crippen molar-refractivity contribution in [1.29, 1.82) is 0 Å². The summed E-state index contributed by atoms with van der Waals surface area (Å²) in [5.41, 5.74) is 2.58. The largest absolute Gasteiger partial charge is 0.463 e. The zero-order chi connectivity index (χ0) is 13.1. The second-order valence-corrected chi connectivity index (χ2v) is 4.75. The zero-order valence-electron chi connectivity index (χ0n) is 10.9. The number of carbonyl (C=O) groups is 1. The minimum absolute atomic E-state index is 0.146. The van der Waals surface area contributed by atoms with Crippen molar-refractivity contribution < 1.29 is 18.8 Å². The molecule has 1 heterocycles. The molecule has 1 N–H and O–H groups in total. The summed E-state index contributed by atoms with van der Waals surface area (Å²) in [6.45, 7) is 7.70. The lowest BCUT2D eigenvalue weighted by Gasteiger charge is -2.22. The molecule has 5 heteroatoms. The van der Waals surface area contributed by atoms with Gasteiger partial charge in [-0.1, -0.05) is 0 Å². The van der Waals surface area contributed by atoms with E-state index in [0.717, 1.165) is 0 Å².